The van der Waals surface area contributed by atoms with Crippen LogP contribution >= 0.6 is 0 Å². The number of hydrogen-bond acceptors (Lipinski definition) is 3. The second kappa shape index (κ2) is 6.50. The summed E-state index contributed by atoms with van der Waals surface area (Å²) in [6.07, 6.45) is 1.63. The number of carbonyl (C=O) groups excluding carboxylic acids is 1. The number of amides is 1. The minimum absolute atomic E-state index is 0.188. The maximum atomic E-state index is 12.1. The summed E-state index contributed by atoms with van der Waals surface area (Å²) in [5.41, 5.74) is 8.22. The maximum absolute atomic E-state index is 12.1. The molecule has 0 aliphatic heterocycles. The molecule has 1 aromatic heterocycles. The number of nitrogens with one attached hydrogen (secondary N) is 1. The predicted octanol–water partition coefficient (Wildman–Crippen LogP) is 1.95. The van der Waals surface area contributed by atoms with Crippen molar-refractivity contribution >= 4 is 11.6 Å². The quantitative estimate of drug-likeness (QED) is 0.815. The molecule has 2 rings (SSSR count). The third kappa shape index (κ3) is 3.67. The number of aromatic nitrogens is 1. The zero-order chi connectivity index (χ0) is 14.4. The first-order chi connectivity index (χ1) is 9.69. The van der Waals surface area contributed by atoms with Gasteiger partial charge in [0.25, 0.3) is 5.91 Å². The largest absolute Gasteiger partial charge is 0.321 e. The molecule has 0 bridgehead atoms. The molecule has 0 atom stereocenters. The molecule has 0 fully saturated rings. The average Bonchev–Trinajstić information content (AvgIpc) is 2.48. The second-order valence-electron chi connectivity index (χ2n) is 4.23. The number of anilines is 1. The van der Waals surface area contributed by atoms with E-state index in [4.69, 9.17) is 5.73 Å². The Kier molecular flexibility index (Phi) is 4.48. The number of rotatable bonds is 2. The van der Waals surface area contributed by atoms with Crippen molar-refractivity contribution < 1.29 is 4.79 Å². The highest BCUT2D eigenvalue weighted by molar-refractivity contribution is 6.04. The summed E-state index contributed by atoms with van der Waals surface area (Å²) in [5, 5.41) is 2.79. The third-order valence-corrected chi connectivity index (χ3v) is 2.63. The Labute approximate surface area is 118 Å². The van der Waals surface area contributed by atoms with Crippen LogP contribution in [0.5, 0.6) is 0 Å². The predicted molar refractivity (Wildman–Crippen MR) is 79.3 cm³/mol. The lowest BCUT2D eigenvalue weighted by Crippen LogP contribution is -2.12. The van der Waals surface area contributed by atoms with E-state index in [1.54, 1.807) is 24.4 Å². The molecule has 0 aliphatic carbocycles. The van der Waals surface area contributed by atoms with Crippen LogP contribution in [0.15, 0.2) is 42.6 Å². The maximum Gasteiger partial charge on any atom is 0.255 e. The van der Waals surface area contributed by atoms with Gasteiger partial charge in [-0.2, -0.15) is 0 Å². The van der Waals surface area contributed by atoms with Gasteiger partial charge >= 0.3 is 0 Å². The van der Waals surface area contributed by atoms with Gasteiger partial charge < -0.3 is 11.1 Å². The van der Waals surface area contributed by atoms with E-state index in [9.17, 15) is 4.79 Å². The number of benzene rings is 1. The van der Waals surface area contributed by atoms with Crippen molar-refractivity contribution in [2.24, 2.45) is 5.73 Å². The van der Waals surface area contributed by atoms with E-state index in [0.717, 1.165) is 11.3 Å². The molecule has 1 aromatic carbocycles. The summed E-state index contributed by atoms with van der Waals surface area (Å²) >= 11 is 0. The Bertz CT molecular complexity index is 666. The molecule has 0 unspecified atom stereocenters. The zero-order valence-corrected chi connectivity index (χ0v) is 11.2. The average molecular weight is 265 g/mol. The van der Waals surface area contributed by atoms with E-state index in [1.165, 1.54) is 0 Å². The number of pyridine rings is 1. The highest BCUT2D eigenvalue weighted by Crippen LogP contribution is 2.10. The van der Waals surface area contributed by atoms with Crippen molar-refractivity contribution in [3.63, 3.8) is 0 Å². The van der Waals surface area contributed by atoms with Crippen molar-refractivity contribution in [1.29, 1.82) is 0 Å². The number of aryl methyl sites for hydroxylation is 1. The molecule has 100 valence electrons. The number of nitrogens with two attached hydrogens (primary N) is 1. The van der Waals surface area contributed by atoms with E-state index in [1.807, 2.05) is 25.1 Å². The first-order valence-electron chi connectivity index (χ1n) is 6.22. The molecule has 0 saturated carbocycles. The molecule has 0 aliphatic rings. The van der Waals surface area contributed by atoms with Crippen molar-refractivity contribution in [3.05, 3.63) is 59.4 Å². The fourth-order valence-electron chi connectivity index (χ4n) is 1.64. The molecule has 3 N–H and O–H groups in total. The SMILES string of the molecule is Cc1ccc(NC(=O)c2cccc(C#CCN)c2)cn1. The highest BCUT2D eigenvalue weighted by Gasteiger charge is 2.06. The van der Waals surface area contributed by atoms with E-state index in [0.29, 0.717) is 17.8 Å². The van der Waals surface area contributed by atoms with Crippen molar-refractivity contribution in [2.75, 3.05) is 11.9 Å². The van der Waals surface area contributed by atoms with Gasteiger partial charge in [-0.25, -0.2) is 0 Å². The minimum Gasteiger partial charge on any atom is -0.321 e. The second-order valence-corrected chi connectivity index (χ2v) is 4.23. The summed E-state index contributed by atoms with van der Waals surface area (Å²) in [6, 6.07) is 10.8. The summed E-state index contributed by atoms with van der Waals surface area (Å²) in [5.74, 6) is 5.48. The first kappa shape index (κ1) is 13.8. The van der Waals surface area contributed by atoms with Gasteiger partial charge in [0.1, 0.15) is 0 Å². The van der Waals surface area contributed by atoms with Crippen LogP contribution in [-0.4, -0.2) is 17.4 Å². The van der Waals surface area contributed by atoms with E-state index < -0.39 is 0 Å². The lowest BCUT2D eigenvalue weighted by atomic mass is 10.1. The van der Waals surface area contributed by atoms with Gasteiger partial charge in [-0.15, -0.1) is 0 Å². The number of carbonyl (C=O) groups is 1. The van der Waals surface area contributed by atoms with Crippen LogP contribution in [0, 0.1) is 18.8 Å². The van der Waals surface area contributed by atoms with Crippen molar-refractivity contribution in [2.45, 2.75) is 6.92 Å². The molecule has 4 heteroatoms. The van der Waals surface area contributed by atoms with Crippen LogP contribution in [-0.2, 0) is 0 Å². The first-order valence-corrected chi connectivity index (χ1v) is 6.22. The molecule has 0 saturated heterocycles. The zero-order valence-electron chi connectivity index (χ0n) is 11.2. The number of nitrogens with zero attached hydrogens (tertiary/aromatic N) is 1. The van der Waals surface area contributed by atoms with Crippen LogP contribution in [0.3, 0.4) is 0 Å². The van der Waals surface area contributed by atoms with Crippen LogP contribution in [0.25, 0.3) is 0 Å². The van der Waals surface area contributed by atoms with Crippen molar-refractivity contribution in [1.82, 2.24) is 4.98 Å². The Morgan fingerprint density at radius 2 is 2.20 bits per heavy atom. The van der Waals surface area contributed by atoms with Crippen molar-refractivity contribution in [3.8, 4) is 11.8 Å². The molecule has 20 heavy (non-hydrogen) atoms. The summed E-state index contributed by atoms with van der Waals surface area (Å²) in [7, 11) is 0. The van der Waals surface area contributed by atoms with Gasteiger partial charge in [0.05, 0.1) is 18.4 Å². The lowest BCUT2D eigenvalue weighted by Gasteiger charge is -2.05. The van der Waals surface area contributed by atoms with Gasteiger partial charge in [0.2, 0.25) is 0 Å². The standard InChI is InChI=1S/C16H15N3O/c1-12-7-8-15(11-18-12)19-16(20)14-6-2-4-13(10-14)5-3-9-17/h2,4,6-8,10-11H,9,17H2,1H3,(H,19,20). The van der Waals surface area contributed by atoms with E-state index >= 15 is 0 Å². The Morgan fingerprint density at radius 3 is 2.90 bits per heavy atom. The molecular formula is C16H15N3O. The fraction of sp³-hybridized carbons (Fsp3) is 0.125. The number of hydrogen-bond donors (Lipinski definition) is 2. The Hall–Kier alpha value is -2.64. The molecule has 4 nitrogen and oxygen atoms in total. The van der Waals surface area contributed by atoms with E-state index in [2.05, 4.69) is 22.1 Å². The van der Waals surface area contributed by atoms with Gasteiger partial charge in [-0.1, -0.05) is 17.9 Å². The third-order valence-electron chi connectivity index (χ3n) is 2.63. The van der Waals surface area contributed by atoms with Crippen LogP contribution in [0.2, 0.25) is 0 Å². The van der Waals surface area contributed by atoms with Gasteiger partial charge in [0, 0.05) is 16.8 Å². The molecule has 0 spiro atoms. The molecule has 2 aromatic rings. The highest BCUT2D eigenvalue weighted by atomic mass is 16.1. The van der Waals surface area contributed by atoms with Crippen LogP contribution in [0.1, 0.15) is 21.6 Å². The van der Waals surface area contributed by atoms with Gasteiger partial charge in [-0.05, 0) is 37.3 Å². The Balaban J connectivity index is 2.14. The minimum atomic E-state index is -0.188. The topological polar surface area (TPSA) is 68.0 Å². The molecule has 1 amide bonds. The monoisotopic (exact) mass is 265 g/mol. The molecular weight excluding hydrogens is 250 g/mol. The van der Waals surface area contributed by atoms with Gasteiger partial charge in [0.15, 0.2) is 0 Å². The normalized spacial score (nSPS) is 9.50. The smallest absolute Gasteiger partial charge is 0.255 e. The van der Waals surface area contributed by atoms with Gasteiger partial charge in [-0.3, -0.25) is 9.78 Å². The molecule has 1 heterocycles. The van der Waals surface area contributed by atoms with Crippen LogP contribution < -0.4 is 11.1 Å². The Morgan fingerprint density at radius 1 is 1.35 bits per heavy atom. The summed E-state index contributed by atoms with van der Waals surface area (Å²) in [4.78, 5) is 16.2. The lowest BCUT2D eigenvalue weighted by molar-refractivity contribution is 0.102. The molecule has 0 radical (unpaired) electrons. The summed E-state index contributed by atoms with van der Waals surface area (Å²) in [6.45, 7) is 2.19. The van der Waals surface area contributed by atoms with Crippen LogP contribution in [0.4, 0.5) is 5.69 Å². The summed E-state index contributed by atoms with van der Waals surface area (Å²) < 4.78 is 0. The fourth-order valence-corrected chi connectivity index (χ4v) is 1.64. The van der Waals surface area contributed by atoms with E-state index in [-0.39, 0.29) is 5.91 Å².